The van der Waals surface area contributed by atoms with Gasteiger partial charge in [0.15, 0.2) is 0 Å². The molecule has 2 aliphatic heterocycles. The summed E-state index contributed by atoms with van der Waals surface area (Å²) in [6.07, 6.45) is 2.81. The number of aromatic nitrogens is 1. The molecule has 0 unspecified atom stereocenters. The minimum Gasteiger partial charge on any atom is -0.370 e. The number of nitrogens with one attached hydrogen (secondary N) is 7. The van der Waals surface area contributed by atoms with Gasteiger partial charge in [0, 0.05) is 24.8 Å². The lowest BCUT2D eigenvalue weighted by atomic mass is 9.85. The molecule has 1 aliphatic carbocycles. The van der Waals surface area contributed by atoms with Gasteiger partial charge in [0.1, 0.15) is 53.4 Å². The minimum absolute atomic E-state index is 0.0655. The Morgan fingerprint density at radius 2 is 1.35 bits per heavy atom. The number of nitrogens with zero attached hydrogens (tertiary/aromatic N) is 2. The predicted octanol–water partition coefficient (Wildman–Crippen LogP) is -2.06. The van der Waals surface area contributed by atoms with Gasteiger partial charge in [0.25, 0.3) is 0 Å². The summed E-state index contributed by atoms with van der Waals surface area (Å²) in [6, 6.07) is -6.02. The first-order valence-electron chi connectivity index (χ1n) is 20.0. The molecule has 3 heterocycles. The van der Waals surface area contributed by atoms with Crippen molar-refractivity contribution in [2.24, 2.45) is 27.8 Å². The SMILES string of the molecule is CC[C@@H]1NC(=O)[C@H](C)NC(=O)[C@@H]2CSC(=N2)c2cc(ccn2)C[C@@H](C(N)=O)NC(=O)[C@H](C)NC(=O)[C@H](CCC(N)=O)NC(=O)[C@H](CC2CC2)NC(=O)[C@H](C(C)(C)C)NC1=O. The first-order chi connectivity index (χ1) is 28.2. The van der Waals surface area contributed by atoms with Crippen molar-refractivity contribution in [1.29, 1.82) is 0 Å². The second kappa shape index (κ2) is 20.6. The maximum atomic E-state index is 14.0. The second-order valence-corrected chi connectivity index (χ2v) is 17.5. The molecule has 1 fully saturated rings. The van der Waals surface area contributed by atoms with E-state index in [2.05, 4.69) is 47.2 Å². The van der Waals surface area contributed by atoms with Crippen molar-refractivity contribution in [3.8, 4) is 0 Å². The van der Waals surface area contributed by atoms with Crippen LogP contribution in [0.1, 0.15) is 91.3 Å². The highest BCUT2D eigenvalue weighted by Gasteiger charge is 2.39. The first-order valence-corrected chi connectivity index (χ1v) is 21.0. The largest absolute Gasteiger partial charge is 0.370 e. The maximum Gasteiger partial charge on any atom is 0.246 e. The molecule has 0 aromatic carbocycles. The molecule has 328 valence electrons. The topological polar surface area (TPSA) is 315 Å². The number of amides is 9. The summed E-state index contributed by atoms with van der Waals surface area (Å²) in [5, 5.41) is 18.8. The van der Waals surface area contributed by atoms with E-state index in [1.165, 1.54) is 31.8 Å². The van der Waals surface area contributed by atoms with Crippen molar-refractivity contribution in [3.63, 3.8) is 0 Å². The zero-order chi connectivity index (χ0) is 44.5. The third kappa shape index (κ3) is 13.5. The van der Waals surface area contributed by atoms with Crippen LogP contribution < -0.4 is 48.7 Å². The van der Waals surface area contributed by atoms with Gasteiger partial charge in [-0.25, -0.2) is 0 Å². The maximum absolute atomic E-state index is 14.0. The van der Waals surface area contributed by atoms with E-state index in [0.717, 1.165) is 12.8 Å². The van der Waals surface area contributed by atoms with Crippen molar-refractivity contribution in [2.75, 3.05) is 5.75 Å². The molecule has 4 rings (SSSR count). The van der Waals surface area contributed by atoms with Crippen molar-refractivity contribution in [1.82, 2.24) is 42.2 Å². The van der Waals surface area contributed by atoms with Crippen molar-refractivity contribution in [2.45, 2.75) is 135 Å². The molecule has 9 amide bonds. The van der Waals surface area contributed by atoms with Crippen LogP contribution >= 0.6 is 11.8 Å². The van der Waals surface area contributed by atoms with Crippen molar-refractivity contribution in [3.05, 3.63) is 29.6 Å². The molecule has 0 spiro atoms. The van der Waals surface area contributed by atoms with Gasteiger partial charge >= 0.3 is 0 Å². The summed E-state index contributed by atoms with van der Waals surface area (Å²) in [5.41, 5.74) is 11.1. The van der Waals surface area contributed by atoms with E-state index in [1.807, 2.05) is 0 Å². The molecule has 20 nitrogen and oxygen atoms in total. The second-order valence-electron chi connectivity index (χ2n) is 16.5. The normalized spacial score (nSPS) is 28.2. The average molecular weight is 856 g/mol. The average Bonchev–Trinajstić information content (AvgIpc) is 3.86. The molecule has 3 aliphatic rings. The lowest BCUT2D eigenvalue weighted by molar-refractivity contribution is -0.137. The Bertz CT molecular complexity index is 1880. The molecule has 60 heavy (non-hydrogen) atoms. The Morgan fingerprint density at radius 3 is 1.95 bits per heavy atom. The zero-order valence-corrected chi connectivity index (χ0v) is 35.5. The number of carbonyl (C=O) groups is 9. The number of hydrogen-bond acceptors (Lipinski definition) is 12. The number of primary amides is 2. The van der Waals surface area contributed by atoms with Crippen LogP contribution in [0.15, 0.2) is 23.3 Å². The van der Waals surface area contributed by atoms with E-state index < -0.39 is 107 Å². The number of thioether (sulfide) groups is 1. The third-order valence-corrected chi connectivity index (χ3v) is 11.3. The van der Waals surface area contributed by atoms with Crippen LogP contribution in [0.25, 0.3) is 0 Å². The molecule has 11 N–H and O–H groups in total. The summed E-state index contributed by atoms with van der Waals surface area (Å²) >= 11 is 1.26. The van der Waals surface area contributed by atoms with E-state index >= 15 is 0 Å². The number of nitrogens with two attached hydrogens (primary N) is 2. The fraction of sp³-hybridized carbons (Fsp3) is 0.615. The highest BCUT2D eigenvalue weighted by molar-refractivity contribution is 8.14. The summed E-state index contributed by atoms with van der Waals surface area (Å²) in [6.45, 7) is 9.62. The standard InChI is InChI=1S/C39H57N11O9S/c1-7-22-33(55)50-29(39(4,5)6)37(59)48-25(14-20-8-9-20)35(57)46-23(10-11-28(40)51)34(56)43-19(3)32(54)47-24(30(41)52)15-21-12-13-42-26(16-21)38-49-27(17-60-38)36(58)44-18(2)31(53)45-22/h12-13,16,18-20,22-25,27,29H,7-11,14-15,17H2,1-6H3,(H2,40,51)(H2,41,52)(H,43,56)(H,44,58)(H,45,53)(H,46,57)(H,47,54)(H,48,59)(H,50,55)/t18-,19-,22-,23-,24-,25-,27-,29+/m0/s1. The molecule has 0 radical (unpaired) electrons. The Balaban J connectivity index is 1.68. The number of rotatable bonds is 7. The van der Waals surface area contributed by atoms with Gasteiger partial charge in [0.05, 0.1) is 5.69 Å². The molecular weight excluding hydrogens is 799 g/mol. The molecule has 1 saturated carbocycles. The molecular formula is C39H57N11O9S. The van der Waals surface area contributed by atoms with Crippen LogP contribution in [0.3, 0.4) is 0 Å². The quantitative estimate of drug-likeness (QED) is 0.144. The lowest BCUT2D eigenvalue weighted by Gasteiger charge is -2.33. The van der Waals surface area contributed by atoms with Gasteiger partial charge in [0.2, 0.25) is 53.2 Å². The van der Waals surface area contributed by atoms with Crippen molar-refractivity contribution >= 4 is 70.0 Å². The highest BCUT2D eigenvalue weighted by atomic mass is 32.2. The van der Waals surface area contributed by atoms with Crippen LogP contribution in [-0.2, 0) is 49.6 Å². The van der Waals surface area contributed by atoms with E-state index in [0.29, 0.717) is 16.3 Å². The molecule has 0 saturated heterocycles. The summed E-state index contributed by atoms with van der Waals surface area (Å²) in [7, 11) is 0. The molecule has 1 aromatic heterocycles. The number of fused-ring (bicyclic) bond motifs is 4. The summed E-state index contributed by atoms with van der Waals surface area (Å²) in [5.74, 6) is -6.19. The van der Waals surface area contributed by atoms with Crippen LogP contribution in [-0.4, -0.2) is 117 Å². The van der Waals surface area contributed by atoms with Gasteiger partial charge in [-0.3, -0.25) is 53.1 Å². The Hall–Kier alpha value is -5.60. The zero-order valence-electron chi connectivity index (χ0n) is 34.7. The molecule has 1 aromatic rings. The van der Waals surface area contributed by atoms with Gasteiger partial charge < -0.3 is 48.7 Å². The number of pyridine rings is 1. The molecule has 4 bridgehead atoms. The Kier molecular flexibility index (Phi) is 16.2. The first kappa shape index (κ1) is 47.1. The number of carbonyl (C=O) groups excluding carboxylic acids is 9. The van der Waals surface area contributed by atoms with Gasteiger partial charge in [-0.15, -0.1) is 11.8 Å². The molecule has 21 heteroatoms. The smallest absolute Gasteiger partial charge is 0.246 e. The molecule has 8 atom stereocenters. The number of aliphatic imine (C=N–C) groups is 1. The van der Waals surface area contributed by atoms with Crippen LogP contribution in [0.2, 0.25) is 0 Å². The fourth-order valence-electron chi connectivity index (χ4n) is 6.45. The Labute approximate surface area is 352 Å². The van der Waals surface area contributed by atoms with E-state index in [1.54, 1.807) is 39.8 Å². The minimum atomic E-state index is -1.37. The Morgan fingerprint density at radius 1 is 0.767 bits per heavy atom. The van der Waals surface area contributed by atoms with Gasteiger partial charge in [-0.1, -0.05) is 40.5 Å². The predicted molar refractivity (Wildman–Crippen MR) is 220 cm³/mol. The third-order valence-electron chi connectivity index (χ3n) is 10.3. The van der Waals surface area contributed by atoms with Gasteiger partial charge in [-0.2, -0.15) is 0 Å². The van der Waals surface area contributed by atoms with E-state index in [4.69, 9.17) is 11.5 Å². The van der Waals surface area contributed by atoms with Crippen LogP contribution in [0, 0.1) is 11.3 Å². The van der Waals surface area contributed by atoms with Crippen molar-refractivity contribution < 1.29 is 43.2 Å². The number of hydrogen-bond donors (Lipinski definition) is 9. The summed E-state index contributed by atoms with van der Waals surface area (Å²) in [4.78, 5) is 128. The van der Waals surface area contributed by atoms with E-state index in [9.17, 15) is 43.2 Å². The highest BCUT2D eigenvalue weighted by Crippen LogP contribution is 2.34. The fourth-order valence-corrected chi connectivity index (χ4v) is 7.45. The monoisotopic (exact) mass is 855 g/mol. The van der Waals surface area contributed by atoms with Crippen LogP contribution in [0.4, 0.5) is 0 Å². The summed E-state index contributed by atoms with van der Waals surface area (Å²) < 4.78 is 0. The van der Waals surface area contributed by atoms with Gasteiger partial charge in [-0.05, 0) is 62.1 Å². The lowest BCUT2D eigenvalue weighted by Crippen LogP contribution is -2.62. The van der Waals surface area contributed by atoms with E-state index in [-0.39, 0.29) is 43.8 Å². The van der Waals surface area contributed by atoms with Crippen LogP contribution in [0.5, 0.6) is 0 Å².